The number of aryl methyl sites for hydroxylation is 4. The number of aromatic nitrogens is 1. The third kappa shape index (κ3) is 7.09. The van der Waals surface area contributed by atoms with Gasteiger partial charge < -0.3 is 14.5 Å². The van der Waals surface area contributed by atoms with Crippen LogP contribution >= 0.6 is 0 Å². The van der Waals surface area contributed by atoms with Gasteiger partial charge in [-0.1, -0.05) is 17.7 Å². The molecule has 1 aliphatic rings. The van der Waals surface area contributed by atoms with E-state index < -0.39 is 33.7 Å². The zero-order chi connectivity index (χ0) is 36.4. The number of aliphatic imine (C=N–C) groups is 1. The molecule has 0 aliphatic carbocycles. The largest absolute Gasteiger partial charge is 0.457 e. The summed E-state index contributed by atoms with van der Waals surface area (Å²) in [5.41, 5.74) is 9.39. The summed E-state index contributed by atoms with van der Waals surface area (Å²) in [7, 11) is 0. The van der Waals surface area contributed by atoms with Crippen LogP contribution in [-0.2, 0) is 27.5 Å². The molecule has 12 heteroatoms. The number of nitrogens with zero attached hydrogens (tertiary/aromatic N) is 3. The topological polar surface area (TPSA) is 167 Å². The van der Waals surface area contributed by atoms with Gasteiger partial charge in [0.2, 0.25) is 0 Å². The van der Waals surface area contributed by atoms with Gasteiger partial charge >= 0.3 is 11.9 Å². The van der Waals surface area contributed by atoms with Crippen molar-refractivity contribution in [2.45, 2.75) is 73.6 Å². The quantitative estimate of drug-likeness (QED) is 0.0954. The highest BCUT2D eigenvalue weighted by Gasteiger charge is 2.39. The molecule has 5 rings (SSSR count). The predicted octanol–water partition coefficient (Wildman–Crippen LogP) is 7.77. The molecule has 2 unspecified atom stereocenters. The first-order chi connectivity index (χ1) is 23.7. The maximum atomic E-state index is 13.5. The van der Waals surface area contributed by atoms with Crippen LogP contribution in [0.15, 0.2) is 76.8 Å². The number of nitro groups is 2. The zero-order valence-electron chi connectivity index (χ0n) is 29.0. The van der Waals surface area contributed by atoms with E-state index in [0.717, 1.165) is 33.5 Å². The Morgan fingerprint density at radius 3 is 1.74 bits per heavy atom. The molecular formula is C38H38N4O8. The molecule has 258 valence electrons. The number of non-ortho nitro benzene ring substituents is 2. The van der Waals surface area contributed by atoms with Crippen molar-refractivity contribution >= 4 is 29.0 Å². The van der Waals surface area contributed by atoms with E-state index in [0.29, 0.717) is 39.2 Å². The first-order valence-corrected chi connectivity index (χ1v) is 16.0. The van der Waals surface area contributed by atoms with Gasteiger partial charge in [-0.15, -0.1) is 0 Å². The number of rotatable bonds is 11. The van der Waals surface area contributed by atoms with Gasteiger partial charge in [-0.25, -0.2) is 9.59 Å². The number of ether oxygens (including phenoxy) is 2. The minimum Gasteiger partial charge on any atom is -0.457 e. The molecule has 0 saturated carbocycles. The average Bonchev–Trinajstić information content (AvgIpc) is 3.53. The van der Waals surface area contributed by atoms with Crippen LogP contribution < -0.4 is 0 Å². The van der Waals surface area contributed by atoms with Crippen LogP contribution in [0.3, 0.4) is 0 Å². The Morgan fingerprint density at radius 1 is 0.780 bits per heavy atom. The fourth-order valence-corrected chi connectivity index (χ4v) is 6.84. The molecule has 0 fully saturated rings. The third-order valence-electron chi connectivity index (χ3n) is 9.13. The van der Waals surface area contributed by atoms with Crippen molar-refractivity contribution < 1.29 is 28.9 Å². The van der Waals surface area contributed by atoms with E-state index >= 15 is 0 Å². The SMILES string of the molecule is CC1=NC(C(c2[nH]c(C)c(C(=O)OCc3ccc([N+](=O)[O-])cc3)c2C)c2c(C)cc(C)cc2C)C(C)=C1C(=O)OCc1ccc([N+](=O)[O-])cc1. The van der Waals surface area contributed by atoms with Crippen molar-refractivity contribution in [1.82, 2.24) is 4.98 Å². The molecule has 0 saturated heterocycles. The summed E-state index contributed by atoms with van der Waals surface area (Å²) in [6.07, 6.45) is 0. The lowest BCUT2D eigenvalue weighted by Crippen LogP contribution is -2.22. The Balaban J connectivity index is 1.48. The molecule has 1 aromatic heterocycles. The molecule has 1 N–H and O–H groups in total. The Hall–Kier alpha value is -5.91. The van der Waals surface area contributed by atoms with Crippen LogP contribution in [0.5, 0.6) is 0 Å². The van der Waals surface area contributed by atoms with Gasteiger partial charge in [0.05, 0.1) is 32.9 Å². The summed E-state index contributed by atoms with van der Waals surface area (Å²) in [5, 5.41) is 22.0. The molecule has 2 heterocycles. The molecule has 12 nitrogen and oxygen atoms in total. The van der Waals surface area contributed by atoms with E-state index in [1.165, 1.54) is 24.3 Å². The molecule has 0 bridgehead atoms. The zero-order valence-corrected chi connectivity index (χ0v) is 29.0. The fourth-order valence-electron chi connectivity index (χ4n) is 6.84. The first-order valence-electron chi connectivity index (χ1n) is 16.0. The van der Waals surface area contributed by atoms with Gasteiger partial charge in [0.25, 0.3) is 11.4 Å². The van der Waals surface area contributed by atoms with E-state index in [1.54, 1.807) is 38.1 Å². The molecule has 0 radical (unpaired) electrons. The lowest BCUT2D eigenvalue weighted by atomic mass is 9.79. The number of hydrogen-bond acceptors (Lipinski definition) is 9. The number of aromatic amines is 1. The number of H-pyrrole nitrogens is 1. The molecule has 3 aromatic carbocycles. The summed E-state index contributed by atoms with van der Waals surface area (Å²) in [6.45, 7) is 13.3. The Bertz CT molecular complexity index is 2050. The second kappa shape index (κ2) is 14.3. The van der Waals surface area contributed by atoms with Crippen LogP contribution in [0.2, 0.25) is 0 Å². The predicted molar refractivity (Wildman–Crippen MR) is 187 cm³/mol. The van der Waals surface area contributed by atoms with Crippen LogP contribution in [0, 0.1) is 54.8 Å². The maximum absolute atomic E-state index is 13.5. The number of carbonyl (C=O) groups is 2. The normalized spacial score (nSPS) is 14.7. The van der Waals surface area contributed by atoms with Crippen molar-refractivity contribution in [3.8, 4) is 0 Å². The first kappa shape index (κ1) is 35.4. The Labute approximate surface area is 289 Å². The van der Waals surface area contributed by atoms with Gasteiger partial charge in [-0.05, 0) is 112 Å². The molecule has 0 spiro atoms. The van der Waals surface area contributed by atoms with Crippen LogP contribution in [0.1, 0.15) is 80.5 Å². The summed E-state index contributed by atoms with van der Waals surface area (Å²) in [5.74, 6) is -1.48. The minimum absolute atomic E-state index is 0.0511. The number of nitro benzene ring substituents is 2. The highest BCUT2D eigenvalue weighted by Crippen LogP contribution is 2.43. The summed E-state index contributed by atoms with van der Waals surface area (Å²) in [4.78, 5) is 56.6. The second-order valence-corrected chi connectivity index (χ2v) is 12.7. The molecule has 4 aromatic rings. The summed E-state index contributed by atoms with van der Waals surface area (Å²) >= 11 is 0. The monoisotopic (exact) mass is 678 g/mol. The summed E-state index contributed by atoms with van der Waals surface area (Å²) in [6, 6.07) is 15.4. The van der Waals surface area contributed by atoms with Crippen LogP contribution in [0.25, 0.3) is 0 Å². The van der Waals surface area contributed by atoms with Crippen LogP contribution in [0.4, 0.5) is 11.4 Å². The van der Waals surface area contributed by atoms with Gasteiger partial charge in [0.1, 0.15) is 13.2 Å². The van der Waals surface area contributed by atoms with Crippen molar-refractivity contribution in [3.05, 3.63) is 148 Å². The van der Waals surface area contributed by atoms with Gasteiger partial charge in [0, 0.05) is 41.4 Å². The third-order valence-corrected chi connectivity index (χ3v) is 9.13. The van der Waals surface area contributed by atoms with Gasteiger partial charge in [-0.2, -0.15) is 0 Å². The molecule has 2 atom stereocenters. The van der Waals surface area contributed by atoms with Crippen molar-refractivity contribution in [2.24, 2.45) is 4.99 Å². The second-order valence-electron chi connectivity index (χ2n) is 12.7. The lowest BCUT2D eigenvalue weighted by molar-refractivity contribution is -0.385. The maximum Gasteiger partial charge on any atom is 0.340 e. The van der Waals surface area contributed by atoms with Gasteiger partial charge in [-0.3, -0.25) is 25.2 Å². The number of carbonyl (C=O) groups excluding carboxylic acids is 2. The fraction of sp³-hybridized carbons (Fsp3) is 0.289. The Morgan fingerprint density at radius 2 is 1.26 bits per heavy atom. The standard InChI is InChI=1S/C38H38N4O8/c1-20-16-21(2)31(22(3)17-20)34(35-23(4)32(25(6)39-35)37(43)49-18-27-8-12-29(13-9-27)41(45)46)36-24(5)33(26(7)40-36)38(44)50-19-28-10-14-30(15-11-28)42(47)48/h8-17,34-35,40H,18-19H2,1-7H3. The number of benzene rings is 3. The highest BCUT2D eigenvalue weighted by atomic mass is 16.6. The number of esters is 2. The number of nitrogens with one attached hydrogen (secondary N) is 1. The van der Waals surface area contributed by atoms with Crippen molar-refractivity contribution in [2.75, 3.05) is 0 Å². The lowest BCUT2D eigenvalue weighted by Gasteiger charge is -2.27. The van der Waals surface area contributed by atoms with Crippen LogP contribution in [-0.4, -0.2) is 38.5 Å². The molecular weight excluding hydrogens is 640 g/mol. The Kier molecular flexibility index (Phi) is 10.1. The van der Waals surface area contributed by atoms with Gasteiger partial charge in [0.15, 0.2) is 0 Å². The van der Waals surface area contributed by atoms with E-state index in [1.807, 2.05) is 34.6 Å². The molecule has 0 amide bonds. The number of hydrogen-bond donors (Lipinski definition) is 1. The minimum atomic E-state index is -0.546. The smallest absolute Gasteiger partial charge is 0.340 e. The van der Waals surface area contributed by atoms with E-state index in [4.69, 9.17) is 14.5 Å². The van der Waals surface area contributed by atoms with Crippen molar-refractivity contribution in [1.29, 1.82) is 0 Å². The van der Waals surface area contributed by atoms with E-state index in [-0.39, 0.29) is 24.6 Å². The van der Waals surface area contributed by atoms with Crippen molar-refractivity contribution in [3.63, 3.8) is 0 Å². The molecule has 50 heavy (non-hydrogen) atoms. The average molecular weight is 679 g/mol. The van der Waals surface area contributed by atoms with E-state index in [2.05, 4.69) is 17.1 Å². The highest BCUT2D eigenvalue weighted by molar-refractivity contribution is 6.21. The molecule has 1 aliphatic heterocycles. The summed E-state index contributed by atoms with van der Waals surface area (Å²) < 4.78 is 11.3. The van der Waals surface area contributed by atoms with E-state index in [9.17, 15) is 29.8 Å².